The molecule has 72 valence electrons. The van der Waals surface area contributed by atoms with Gasteiger partial charge in [0.2, 0.25) is 0 Å². The lowest BCUT2D eigenvalue weighted by Crippen LogP contribution is -2.19. The van der Waals surface area contributed by atoms with Crippen molar-refractivity contribution in [1.82, 2.24) is 5.32 Å². The molecule has 0 fully saturated rings. The highest BCUT2D eigenvalue weighted by atomic mass is 16.3. The highest BCUT2D eigenvalue weighted by molar-refractivity contribution is 5.41. The summed E-state index contributed by atoms with van der Waals surface area (Å²) in [5.41, 5.74) is 0.736. The molecule has 0 bridgehead atoms. The maximum absolute atomic E-state index is 9.18. The average molecular weight is 183 g/mol. The van der Waals surface area contributed by atoms with Crippen LogP contribution < -0.4 is 5.32 Å². The van der Waals surface area contributed by atoms with Gasteiger partial charge in [0.1, 0.15) is 0 Å². The van der Waals surface area contributed by atoms with Gasteiger partial charge in [-0.2, -0.15) is 0 Å². The first-order valence-electron chi connectivity index (χ1n) is 3.99. The minimum Gasteiger partial charge on any atom is -0.504 e. The van der Waals surface area contributed by atoms with Crippen LogP contribution in [0.5, 0.6) is 11.5 Å². The van der Waals surface area contributed by atoms with E-state index in [9.17, 15) is 5.11 Å². The number of nitrogens with one attached hydrogen (secondary N) is 1. The fourth-order valence-electron chi connectivity index (χ4n) is 1.12. The molecule has 0 aliphatic heterocycles. The quantitative estimate of drug-likeness (QED) is 0.510. The molecule has 0 aliphatic carbocycles. The lowest BCUT2D eigenvalue weighted by atomic mass is 10.1. The van der Waals surface area contributed by atoms with Gasteiger partial charge in [-0.15, -0.1) is 0 Å². The predicted octanol–water partition coefficient (Wildman–Crippen LogP) is 0.351. The SMILES string of the molecule is CNC(CO)c1ccc(O)c(O)c1. The van der Waals surface area contributed by atoms with Crippen molar-refractivity contribution in [1.29, 1.82) is 0 Å². The van der Waals surface area contributed by atoms with Crippen molar-refractivity contribution < 1.29 is 15.3 Å². The molecule has 4 nitrogen and oxygen atoms in total. The summed E-state index contributed by atoms with van der Waals surface area (Å²) in [7, 11) is 1.71. The maximum Gasteiger partial charge on any atom is 0.157 e. The van der Waals surface area contributed by atoms with Crippen molar-refractivity contribution in [2.45, 2.75) is 6.04 Å². The number of aromatic hydroxyl groups is 2. The van der Waals surface area contributed by atoms with Gasteiger partial charge in [0.15, 0.2) is 11.5 Å². The Hall–Kier alpha value is -1.26. The molecule has 0 saturated heterocycles. The normalized spacial score (nSPS) is 12.8. The van der Waals surface area contributed by atoms with Crippen LogP contribution in [-0.4, -0.2) is 29.0 Å². The monoisotopic (exact) mass is 183 g/mol. The van der Waals surface area contributed by atoms with Crippen LogP contribution in [0.3, 0.4) is 0 Å². The second kappa shape index (κ2) is 4.11. The standard InChI is InChI=1S/C9H13NO3/c1-10-7(5-11)6-2-3-8(12)9(13)4-6/h2-4,7,10-13H,5H2,1H3. The van der Waals surface area contributed by atoms with Crippen LogP contribution in [0, 0.1) is 0 Å². The van der Waals surface area contributed by atoms with E-state index in [-0.39, 0.29) is 24.1 Å². The third-order valence-electron chi connectivity index (χ3n) is 1.93. The Bertz CT molecular complexity index is 284. The van der Waals surface area contributed by atoms with Crippen molar-refractivity contribution in [3.8, 4) is 11.5 Å². The highest BCUT2D eigenvalue weighted by Crippen LogP contribution is 2.27. The molecule has 1 rings (SSSR count). The summed E-state index contributed by atoms with van der Waals surface area (Å²) in [6.45, 7) is -0.0548. The van der Waals surface area contributed by atoms with Crippen LogP contribution in [0.25, 0.3) is 0 Å². The molecular formula is C9H13NO3. The van der Waals surface area contributed by atoms with E-state index in [1.807, 2.05) is 0 Å². The van der Waals surface area contributed by atoms with Crippen LogP contribution in [-0.2, 0) is 0 Å². The van der Waals surface area contributed by atoms with E-state index >= 15 is 0 Å². The molecule has 0 aliphatic rings. The summed E-state index contributed by atoms with van der Waals surface area (Å²) in [4.78, 5) is 0. The molecule has 0 radical (unpaired) electrons. The molecule has 0 spiro atoms. The fourth-order valence-corrected chi connectivity index (χ4v) is 1.12. The molecule has 1 atom stereocenters. The van der Waals surface area contributed by atoms with Crippen molar-refractivity contribution in [2.24, 2.45) is 0 Å². The number of aliphatic hydroxyl groups excluding tert-OH is 1. The Morgan fingerprint density at radius 2 is 2.00 bits per heavy atom. The topological polar surface area (TPSA) is 72.7 Å². The second-order valence-corrected chi connectivity index (χ2v) is 2.77. The lowest BCUT2D eigenvalue weighted by molar-refractivity contribution is 0.250. The largest absolute Gasteiger partial charge is 0.504 e. The minimum atomic E-state index is -0.216. The van der Waals surface area contributed by atoms with Crippen molar-refractivity contribution >= 4 is 0 Å². The van der Waals surface area contributed by atoms with Gasteiger partial charge in [-0.25, -0.2) is 0 Å². The van der Waals surface area contributed by atoms with Crippen molar-refractivity contribution in [3.63, 3.8) is 0 Å². The molecule has 0 heterocycles. The molecule has 1 aromatic carbocycles. The Balaban J connectivity index is 2.95. The average Bonchev–Trinajstić information content (AvgIpc) is 2.13. The van der Waals surface area contributed by atoms with Gasteiger partial charge in [0, 0.05) is 0 Å². The van der Waals surface area contributed by atoms with Gasteiger partial charge in [-0.3, -0.25) is 0 Å². The van der Waals surface area contributed by atoms with Crippen LogP contribution in [0.2, 0.25) is 0 Å². The summed E-state index contributed by atoms with van der Waals surface area (Å²) >= 11 is 0. The van der Waals surface area contributed by atoms with Gasteiger partial charge in [-0.05, 0) is 24.7 Å². The van der Waals surface area contributed by atoms with E-state index in [1.165, 1.54) is 12.1 Å². The fraction of sp³-hybridized carbons (Fsp3) is 0.333. The molecule has 0 saturated carbocycles. The molecule has 1 unspecified atom stereocenters. The molecule has 4 heteroatoms. The van der Waals surface area contributed by atoms with Gasteiger partial charge >= 0.3 is 0 Å². The number of hydrogen-bond acceptors (Lipinski definition) is 4. The molecule has 0 aromatic heterocycles. The summed E-state index contributed by atoms with van der Waals surface area (Å²) in [5.74, 6) is -0.331. The van der Waals surface area contributed by atoms with E-state index in [0.717, 1.165) is 5.56 Å². The smallest absolute Gasteiger partial charge is 0.157 e. The summed E-state index contributed by atoms with van der Waals surface area (Å²) in [6.07, 6.45) is 0. The first kappa shape index (κ1) is 9.83. The zero-order valence-electron chi connectivity index (χ0n) is 7.36. The Morgan fingerprint density at radius 1 is 1.31 bits per heavy atom. The van der Waals surface area contributed by atoms with Crippen LogP contribution in [0.1, 0.15) is 11.6 Å². The third-order valence-corrected chi connectivity index (χ3v) is 1.93. The number of phenols is 2. The Kier molecular flexibility index (Phi) is 3.11. The number of hydrogen-bond donors (Lipinski definition) is 4. The molecule has 4 N–H and O–H groups in total. The van der Waals surface area contributed by atoms with Gasteiger partial charge < -0.3 is 20.6 Å². The molecule has 1 aromatic rings. The van der Waals surface area contributed by atoms with Crippen LogP contribution in [0.15, 0.2) is 18.2 Å². The first-order chi connectivity index (χ1) is 6.19. The first-order valence-corrected chi connectivity index (χ1v) is 3.99. The van der Waals surface area contributed by atoms with E-state index in [2.05, 4.69) is 5.32 Å². The van der Waals surface area contributed by atoms with E-state index < -0.39 is 0 Å². The zero-order valence-corrected chi connectivity index (χ0v) is 7.36. The van der Waals surface area contributed by atoms with Gasteiger partial charge in [0.05, 0.1) is 12.6 Å². The number of rotatable bonds is 3. The second-order valence-electron chi connectivity index (χ2n) is 2.77. The van der Waals surface area contributed by atoms with Crippen molar-refractivity contribution in [3.05, 3.63) is 23.8 Å². The third kappa shape index (κ3) is 2.11. The van der Waals surface area contributed by atoms with Crippen molar-refractivity contribution in [2.75, 3.05) is 13.7 Å². The van der Waals surface area contributed by atoms with Crippen LogP contribution >= 0.6 is 0 Å². The predicted molar refractivity (Wildman–Crippen MR) is 48.7 cm³/mol. The van der Waals surface area contributed by atoms with E-state index in [0.29, 0.717) is 0 Å². The van der Waals surface area contributed by atoms with E-state index in [1.54, 1.807) is 13.1 Å². The summed E-state index contributed by atoms with van der Waals surface area (Å²) in [6, 6.07) is 4.25. The lowest BCUT2D eigenvalue weighted by Gasteiger charge is -2.13. The number of likely N-dealkylation sites (N-methyl/N-ethyl adjacent to an activating group) is 1. The summed E-state index contributed by atoms with van der Waals surface area (Å²) < 4.78 is 0. The molecule has 13 heavy (non-hydrogen) atoms. The summed E-state index contributed by atoms with van der Waals surface area (Å²) in [5, 5.41) is 30.0. The zero-order chi connectivity index (χ0) is 9.84. The van der Waals surface area contributed by atoms with Gasteiger partial charge in [0.25, 0.3) is 0 Å². The highest BCUT2D eigenvalue weighted by Gasteiger charge is 2.09. The van der Waals surface area contributed by atoms with E-state index in [4.69, 9.17) is 10.2 Å². The van der Waals surface area contributed by atoms with Gasteiger partial charge in [-0.1, -0.05) is 6.07 Å². The molecular weight excluding hydrogens is 170 g/mol. The van der Waals surface area contributed by atoms with Crippen LogP contribution in [0.4, 0.5) is 0 Å². The Labute approximate surface area is 76.5 Å². The minimum absolute atomic E-state index is 0.0548. The Morgan fingerprint density at radius 3 is 2.46 bits per heavy atom. The number of aliphatic hydroxyl groups is 1. The maximum atomic E-state index is 9.18. The molecule has 0 amide bonds. The number of benzene rings is 1. The number of phenolic OH excluding ortho intramolecular Hbond substituents is 2.